The van der Waals surface area contributed by atoms with Crippen molar-refractivity contribution >= 4 is 5.97 Å². The molecule has 1 aliphatic carbocycles. The van der Waals surface area contributed by atoms with E-state index in [2.05, 4.69) is 0 Å². The zero-order valence-electron chi connectivity index (χ0n) is 17.2. The molecule has 1 fully saturated rings. The van der Waals surface area contributed by atoms with Gasteiger partial charge in [-0.3, -0.25) is 4.79 Å². The van der Waals surface area contributed by atoms with Crippen molar-refractivity contribution in [3.8, 4) is 17.2 Å². The summed E-state index contributed by atoms with van der Waals surface area (Å²) in [5.41, 5.74) is 0.331. The van der Waals surface area contributed by atoms with Crippen molar-refractivity contribution in [2.24, 2.45) is 11.3 Å². The maximum absolute atomic E-state index is 13.8. The first-order valence-electron chi connectivity index (χ1n) is 9.95. The van der Waals surface area contributed by atoms with E-state index in [1.165, 1.54) is 30.3 Å². The first-order valence-corrected chi connectivity index (χ1v) is 9.95. The fourth-order valence-corrected chi connectivity index (χ4v) is 3.50. The van der Waals surface area contributed by atoms with Crippen LogP contribution in [-0.2, 0) is 16.1 Å². The molecule has 0 heterocycles. The lowest BCUT2D eigenvalue weighted by Gasteiger charge is -2.09. The number of carbonyl (C=O) groups excluding carboxylic acids is 1. The highest BCUT2D eigenvalue weighted by atomic mass is 19.1. The predicted octanol–water partition coefficient (Wildman–Crippen LogP) is 5.90. The smallest absolute Gasteiger partial charge is 0.313 e. The predicted molar refractivity (Wildman–Crippen MR) is 111 cm³/mol. The molecule has 0 spiro atoms. The number of ether oxygens (including phenoxy) is 3. The second-order valence-corrected chi connectivity index (χ2v) is 8.08. The van der Waals surface area contributed by atoms with Crippen LogP contribution in [0.2, 0.25) is 0 Å². The Labute approximate surface area is 179 Å². The summed E-state index contributed by atoms with van der Waals surface area (Å²) in [6.07, 6.45) is -0.346. The highest BCUT2D eigenvalue weighted by Gasteiger charge is 2.65. The quantitative estimate of drug-likeness (QED) is 0.443. The van der Waals surface area contributed by atoms with E-state index in [9.17, 15) is 13.6 Å². The number of carbonyl (C=O) groups is 1. The lowest BCUT2D eigenvalue weighted by molar-refractivity contribution is -0.147. The molecule has 2 unspecified atom stereocenters. The van der Waals surface area contributed by atoms with Gasteiger partial charge in [0, 0.05) is 5.41 Å². The van der Waals surface area contributed by atoms with Crippen LogP contribution in [0.4, 0.5) is 8.78 Å². The molecule has 2 atom stereocenters. The Morgan fingerprint density at radius 1 is 0.935 bits per heavy atom. The molecule has 0 radical (unpaired) electrons. The van der Waals surface area contributed by atoms with Crippen LogP contribution in [-0.4, -0.2) is 12.1 Å². The third-order valence-corrected chi connectivity index (χ3v) is 5.40. The van der Waals surface area contributed by atoms with Gasteiger partial charge in [0.2, 0.25) is 0 Å². The van der Waals surface area contributed by atoms with Crippen LogP contribution in [0.25, 0.3) is 0 Å². The van der Waals surface area contributed by atoms with Gasteiger partial charge in [-0.05, 0) is 54.1 Å². The summed E-state index contributed by atoms with van der Waals surface area (Å²) in [4.78, 5) is 12.6. The molecular formula is C25H22F2O4. The summed E-state index contributed by atoms with van der Waals surface area (Å²) in [6.45, 7) is 3.91. The van der Waals surface area contributed by atoms with Crippen molar-refractivity contribution in [3.05, 3.63) is 90.0 Å². The van der Waals surface area contributed by atoms with Crippen molar-refractivity contribution in [2.45, 2.75) is 26.6 Å². The zero-order valence-corrected chi connectivity index (χ0v) is 17.2. The van der Waals surface area contributed by atoms with E-state index in [1.807, 2.05) is 13.8 Å². The Hall–Kier alpha value is -3.41. The van der Waals surface area contributed by atoms with Crippen LogP contribution < -0.4 is 9.47 Å². The molecule has 3 aromatic carbocycles. The molecule has 4 nitrogen and oxygen atoms in total. The molecule has 4 rings (SSSR count). The molecule has 0 bridgehead atoms. The van der Waals surface area contributed by atoms with E-state index < -0.39 is 11.7 Å². The highest BCUT2D eigenvalue weighted by Crippen LogP contribution is 2.54. The SMILES string of the molecule is CC1(C)C(Oc2ccc(F)cc2)C1C(=O)OCc1cccc(Oc2ccccc2F)c1. The molecular weight excluding hydrogens is 402 g/mol. The van der Waals surface area contributed by atoms with E-state index in [0.717, 1.165) is 5.56 Å². The van der Waals surface area contributed by atoms with Crippen LogP contribution in [0.15, 0.2) is 72.8 Å². The van der Waals surface area contributed by atoms with Crippen molar-refractivity contribution in [2.75, 3.05) is 0 Å². The Bertz CT molecular complexity index is 1080. The minimum atomic E-state index is -0.456. The third-order valence-electron chi connectivity index (χ3n) is 5.40. The van der Waals surface area contributed by atoms with Gasteiger partial charge in [0.05, 0.1) is 0 Å². The average Bonchev–Trinajstić information content (AvgIpc) is 3.29. The first kappa shape index (κ1) is 20.8. The second-order valence-electron chi connectivity index (χ2n) is 8.08. The van der Waals surface area contributed by atoms with Crippen molar-refractivity contribution in [1.82, 2.24) is 0 Å². The number of esters is 1. The van der Waals surface area contributed by atoms with Crippen LogP contribution in [0.1, 0.15) is 19.4 Å². The molecule has 0 aliphatic heterocycles. The van der Waals surface area contributed by atoms with Crippen LogP contribution in [0.3, 0.4) is 0 Å². The number of halogens is 2. The fraction of sp³-hybridized carbons (Fsp3) is 0.240. The molecule has 0 amide bonds. The Morgan fingerprint density at radius 3 is 2.42 bits per heavy atom. The molecule has 0 saturated heterocycles. The highest BCUT2D eigenvalue weighted by molar-refractivity contribution is 5.78. The normalized spacial score (nSPS) is 18.8. The number of hydrogen-bond donors (Lipinski definition) is 0. The maximum Gasteiger partial charge on any atom is 0.313 e. The zero-order chi connectivity index (χ0) is 22.0. The Morgan fingerprint density at radius 2 is 1.68 bits per heavy atom. The fourth-order valence-electron chi connectivity index (χ4n) is 3.50. The van der Waals surface area contributed by atoms with Gasteiger partial charge >= 0.3 is 5.97 Å². The van der Waals surface area contributed by atoms with Crippen LogP contribution >= 0.6 is 0 Å². The van der Waals surface area contributed by atoms with Crippen molar-refractivity contribution in [3.63, 3.8) is 0 Å². The maximum atomic E-state index is 13.8. The van der Waals surface area contributed by atoms with Gasteiger partial charge < -0.3 is 14.2 Å². The number of rotatable bonds is 7. The summed E-state index contributed by atoms with van der Waals surface area (Å²) >= 11 is 0. The van der Waals surface area contributed by atoms with Gasteiger partial charge in [-0.1, -0.05) is 38.1 Å². The molecule has 1 aliphatic rings. The molecule has 31 heavy (non-hydrogen) atoms. The minimum Gasteiger partial charge on any atom is -0.489 e. The van der Waals surface area contributed by atoms with E-state index >= 15 is 0 Å². The summed E-state index contributed by atoms with van der Waals surface area (Å²) in [7, 11) is 0. The third kappa shape index (κ3) is 4.68. The van der Waals surface area contributed by atoms with Crippen molar-refractivity contribution < 1.29 is 27.8 Å². The van der Waals surface area contributed by atoms with Gasteiger partial charge in [-0.15, -0.1) is 0 Å². The molecule has 3 aromatic rings. The monoisotopic (exact) mass is 424 g/mol. The van der Waals surface area contributed by atoms with E-state index in [-0.39, 0.29) is 35.7 Å². The van der Waals surface area contributed by atoms with E-state index in [0.29, 0.717) is 11.5 Å². The lowest BCUT2D eigenvalue weighted by atomic mass is 10.1. The topological polar surface area (TPSA) is 44.8 Å². The van der Waals surface area contributed by atoms with Crippen LogP contribution in [0.5, 0.6) is 17.2 Å². The van der Waals surface area contributed by atoms with E-state index in [4.69, 9.17) is 14.2 Å². The van der Waals surface area contributed by atoms with Crippen LogP contribution in [0, 0.1) is 23.0 Å². The Kier molecular flexibility index (Phi) is 5.63. The molecule has 160 valence electrons. The van der Waals surface area contributed by atoms with Gasteiger partial charge in [0.15, 0.2) is 11.6 Å². The lowest BCUT2D eigenvalue weighted by Crippen LogP contribution is -2.12. The summed E-state index contributed by atoms with van der Waals surface area (Å²) in [5, 5.41) is 0. The number of benzene rings is 3. The van der Waals surface area contributed by atoms with Gasteiger partial charge in [0.1, 0.15) is 35.9 Å². The standard InChI is InChI=1S/C25H22F2O4/c1-25(2)22(23(25)31-18-12-10-17(26)11-13-18)24(28)29-15-16-6-5-7-19(14-16)30-21-9-4-3-8-20(21)27/h3-14,22-23H,15H2,1-2H3. The summed E-state index contributed by atoms with van der Waals surface area (Å²) in [5.74, 6) is -0.511. The van der Waals surface area contributed by atoms with Gasteiger partial charge in [-0.2, -0.15) is 0 Å². The minimum absolute atomic E-state index is 0.0587. The molecule has 0 aromatic heterocycles. The molecule has 6 heteroatoms. The van der Waals surface area contributed by atoms with E-state index in [1.54, 1.807) is 42.5 Å². The number of hydrogen-bond acceptors (Lipinski definition) is 4. The second kappa shape index (κ2) is 8.38. The first-order chi connectivity index (χ1) is 14.8. The summed E-state index contributed by atoms with van der Waals surface area (Å²) in [6, 6.07) is 18.8. The average molecular weight is 424 g/mol. The van der Waals surface area contributed by atoms with Gasteiger partial charge in [-0.25, -0.2) is 8.78 Å². The molecule has 0 N–H and O–H groups in total. The molecule has 1 saturated carbocycles. The number of para-hydroxylation sites is 1. The Balaban J connectivity index is 1.35. The van der Waals surface area contributed by atoms with Gasteiger partial charge in [0.25, 0.3) is 0 Å². The largest absolute Gasteiger partial charge is 0.489 e. The van der Waals surface area contributed by atoms with Crippen molar-refractivity contribution in [1.29, 1.82) is 0 Å². The summed E-state index contributed by atoms with van der Waals surface area (Å²) < 4.78 is 43.8.